The Morgan fingerprint density at radius 2 is 1.72 bits per heavy atom. The van der Waals surface area contributed by atoms with Gasteiger partial charge in [-0.1, -0.05) is 6.07 Å². The number of aliphatic hydroxyl groups is 1. The highest BCUT2D eigenvalue weighted by atomic mass is 19.3. The summed E-state index contributed by atoms with van der Waals surface area (Å²) in [5, 5.41) is 8.95. The Balaban J connectivity index is 1.81. The van der Waals surface area contributed by atoms with E-state index in [0.29, 0.717) is 28.4 Å². The van der Waals surface area contributed by atoms with Gasteiger partial charge in [-0.05, 0) is 55.0 Å². The first-order valence-electron chi connectivity index (χ1n) is 10.9. The van der Waals surface area contributed by atoms with E-state index in [2.05, 4.69) is 19.9 Å². The number of hydrogen-bond donors (Lipinski definition) is 2. The van der Waals surface area contributed by atoms with Crippen LogP contribution < -0.4 is 15.2 Å². The highest BCUT2D eigenvalue weighted by Crippen LogP contribution is 2.39. The number of alkyl halides is 2. The smallest absolute Gasteiger partial charge is 0.280 e. The summed E-state index contributed by atoms with van der Waals surface area (Å²) in [7, 11) is 0. The van der Waals surface area contributed by atoms with E-state index in [4.69, 9.17) is 20.3 Å². The molecule has 3 N–H and O–H groups in total. The van der Waals surface area contributed by atoms with Crippen LogP contribution in [-0.4, -0.2) is 38.3 Å². The summed E-state index contributed by atoms with van der Waals surface area (Å²) in [4.78, 5) is 16.7. The van der Waals surface area contributed by atoms with Crippen LogP contribution in [-0.2, 0) is 6.61 Å². The first-order valence-corrected chi connectivity index (χ1v) is 10.9. The molecule has 4 aromatic rings. The second-order valence-electron chi connectivity index (χ2n) is 7.67. The van der Waals surface area contributed by atoms with Gasteiger partial charge in [-0.15, -0.1) is 0 Å². The van der Waals surface area contributed by atoms with E-state index in [-0.39, 0.29) is 42.9 Å². The normalized spacial score (nSPS) is 11.1. The fourth-order valence-corrected chi connectivity index (χ4v) is 3.50. The number of nitrogens with two attached hydrogens (primary N) is 1. The van der Waals surface area contributed by atoms with Crippen LogP contribution in [0.5, 0.6) is 11.8 Å². The van der Waals surface area contributed by atoms with Crippen LogP contribution in [0.3, 0.4) is 0 Å². The van der Waals surface area contributed by atoms with Crippen LogP contribution >= 0.6 is 0 Å². The average Bonchev–Trinajstić information content (AvgIpc) is 2.86. The molecule has 8 nitrogen and oxygen atoms in total. The number of pyridine rings is 2. The molecule has 3 heterocycles. The minimum atomic E-state index is -2.80. The van der Waals surface area contributed by atoms with Gasteiger partial charge >= 0.3 is 0 Å². The molecule has 3 aromatic heterocycles. The third-order valence-electron chi connectivity index (χ3n) is 4.98. The molecule has 0 radical (unpaired) electrons. The summed E-state index contributed by atoms with van der Waals surface area (Å²) in [6.07, 6.45) is -2.80. The molecule has 11 heteroatoms. The number of anilines is 1. The van der Waals surface area contributed by atoms with Gasteiger partial charge in [-0.25, -0.2) is 23.1 Å². The Morgan fingerprint density at radius 1 is 0.944 bits per heavy atom. The summed E-state index contributed by atoms with van der Waals surface area (Å²) in [6, 6.07) is 13.4. The third-order valence-corrected chi connectivity index (χ3v) is 4.98. The monoisotopic (exact) mass is 497 g/mol. The molecule has 0 aliphatic rings. The van der Waals surface area contributed by atoms with Gasteiger partial charge in [0.1, 0.15) is 24.7 Å². The molecule has 0 saturated carbocycles. The summed E-state index contributed by atoms with van der Waals surface area (Å²) in [5.41, 5.74) is 7.75. The number of hydrogen-bond acceptors (Lipinski definition) is 8. The number of nitrogens with zero attached hydrogens (tertiary/aromatic N) is 4. The summed E-state index contributed by atoms with van der Waals surface area (Å²) < 4.78 is 52.0. The molecular weight excluding hydrogens is 475 g/mol. The van der Waals surface area contributed by atoms with Crippen molar-refractivity contribution in [3.05, 3.63) is 77.5 Å². The second-order valence-corrected chi connectivity index (χ2v) is 7.67. The molecular formula is C25H22F3N5O3. The van der Waals surface area contributed by atoms with Crippen LogP contribution in [0.2, 0.25) is 0 Å². The van der Waals surface area contributed by atoms with Gasteiger partial charge in [0, 0.05) is 17.3 Å². The van der Waals surface area contributed by atoms with E-state index in [0.717, 1.165) is 0 Å². The lowest BCUT2D eigenvalue weighted by atomic mass is 9.99. The molecule has 0 fully saturated rings. The van der Waals surface area contributed by atoms with Gasteiger partial charge in [-0.3, -0.25) is 4.98 Å². The minimum Gasteiger partial charge on any atom is -0.475 e. The first kappa shape index (κ1) is 24.9. The molecule has 0 bridgehead atoms. The van der Waals surface area contributed by atoms with E-state index in [1.165, 1.54) is 30.3 Å². The Kier molecular flexibility index (Phi) is 7.59. The first-order chi connectivity index (χ1) is 17.3. The summed E-state index contributed by atoms with van der Waals surface area (Å²) in [5.74, 6) is -0.254. The van der Waals surface area contributed by atoms with E-state index < -0.39 is 17.9 Å². The SMILES string of the molecule is Cc1cc(-c2c(OCc3cccc(OCCO)n3)nc(N)nc2-c2ccc(F)cc2)cc(C(F)F)n1. The van der Waals surface area contributed by atoms with Crippen molar-refractivity contribution in [2.45, 2.75) is 20.0 Å². The van der Waals surface area contributed by atoms with Crippen molar-refractivity contribution in [2.24, 2.45) is 0 Å². The molecule has 0 atom stereocenters. The largest absolute Gasteiger partial charge is 0.475 e. The highest BCUT2D eigenvalue weighted by Gasteiger charge is 2.21. The van der Waals surface area contributed by atoms with Gasteiger partial charge in [-0.2, -0.15) is 4.98 Å². The maximum absolute atomic E-state index is 13.6. The molecule has 0 spiro atoms. The number of aryl methyl sites for hydroxylation is 1. The van der Waals surface area contributed by atoms with Crippen molar-refractivity contribution in [1.82, 2.24) is 19.9 Å². The van der Waals surface area contributed by atoms with Gasteiger partial charge in [0.25, 0.3) is 6.43 Å². The van der Waals surface area contributed by atoms with Gasteiger partial charge in [0.2, 0.25) is 17.7 Å². The van der Waals surface area contributed by atoms with Crippen LogP contribution in [0, 0.1) is 12.7 Å². The summed E-state index contributed by atoms with van der Waals surface area (Å²) in [6.45, 7) is 1.45. The topological polar surface area (TPSA) is 116 Å². The van der Waals surface area contributed by atoms with Crippen molar-refractivity contribution in [1.29, 1.82) is 0 Å². The van der Waals surface area contributed by atoms with Gasteiger partial charge < -0.3 is 20.3 Å². The van der Waals surface area contributed by atoms with Crippen LogP contribution in [0.4, 0.5) is 19.1 Å². The minimum absolute atomic E-state index is 0.0242. The van der Waals surface area contributed by atoms with Gasteiger partial charge in [0.15, 0.2) is 0 Å². The molecule has 1 aromatic carbocycles. The molecule has 0 unspecified atom stereocenters. The fraction of sp³-hybridized carbons (Fsp3) is 0.200. The molecule has 0 aliphatic carbocycles. The number of halogens is 3. The van der Waals surface area contributed by atoms with Crippen molar-refractivity contribution < 1.29 is 27.8 Å². The van der Waals surface area contributed by atoms with E-state index in [1.807, 2.05) is 0 Å². The van der Waals surface area contributed by atoms with E-state index in [1.54, 1.807) is 31.2 Å². The number of ether oxygens (including phenoxy) is 2. The predicted octanol–water partition coefficient (Wildman–Crippen LogP) is 4.52. The Morgan fingerprint density at radius 3 is 2.44 bits per heavy atom. The lowest BCUT2D eigenvalue weighted by Crippen LogP contribution is -2.08. The molecule has 0 amide bonds. The van der Waals surface area contributed by atoms with Crippen LogP contribution in [0.25, 0.3) is 22.4 Å². The zero-order chi connectivity index (χ0) is 25.7. The van der Waals surface area contributed by atoms with Crippen LogP contribution in [0.1, 0.15) is 23.5 Å². The van der Waals surface area contributed by atoms with Crippen molar-refractivity contribution >= 4 is 5.95 Å². The Labute approximate surface area is 204 Å². The maximum atomic E-state index is 13.6. The molecule has 186 valence electrons. The van der Waals surface area contributed by atoms with Crippen molar-refractivity contribution in [3.8, 4) is 34.1 Å². The molecule has 36 heavy (non-hydrogen) atoms. The Bertz CT molecular complexity index is 1350. The van der Waals surface area contributed by atoms with Crippen molar-refractivity contribution in [2.75, 3.05) is 18.9 Å². The average molecular weight is 497 g/mol. The highest BCUT2D eigenvalue weighted by molar-refractivity contribution is 5.85. The molecule has 0 aliphatic heterocycles. The predicted molar refractivity (Wildman–Crippen MR) is 126 cm³/mol. The third kappa shape index (κ3) is 5.87. The number of aliphatic hydroxyl groups excluding tert-OH is 1. The Hall–Kier alpha value is -4.25. The van der Waals surface area contributed by atoms with Gasteiger partial charge in [0.05, 0.1) is 23.6 Å². The van der Waals surface area contributed by atoms with E-state index in [9.17, 15) is 13.2 Å². The summed E-state index contributed by atoms with van der Waals surface area (Å²) >= 11 is 0. The van der Waals surface area contributed by atoms with Crippen molar-refractivity contribution in [3.63, 3.8) is 0 Å². The number of nitrogen functional groups attached to an aromatic ring is 1. The molecule has 4 rings (SSSR count). The maximum Gasteiger partial charge on any atom is 0.280 e. The number of aromatic nitrogens is 4. The number of benzene rings is 1. The zero-order valence-electron chi connectivity index (χ0n) is 19.2. The van der Waals surface area contributed by atoms with Crippen LogP contribution in [0.15, 0.2) is 54.6 Å². The number of rotatable bonds is 9. The second kappa shape index (κ2) is 11.0. The van der Waals surface area contributed by atoms with E-state index >= 15 is 0 Å². The lowest BCUT2D eigenvalue weighted by molar-refractivity contribution is 0.146. The zero-order valence-corrected chi connectivity index (χ0v) is 19.2. The fourth-order valence-electron chi connectivity index (χ4n) is 3.50. The lowest BCUT2D eigenvalue weighted by Gasteiger charge is -2.16. The quantitative estimate of drug-likeness (QED) is 0.347. The molecule has 0 saturated heterocycles. The standard InChI is InChI=1S/C25H22F3N5O3/c1-14-11-16(12-19(30-14)23(27)28)21-22(15-5-7-17(26)8-6-15)32-25(29)33-24(21)36-13-18-3-2-4-20(31-18)35-10-9-34/h2-8,11-12,23,34H,9-10,13H2,1H3,(H2,29,32,33).